The van der Waals surface area contributed by atoms with Crippen molar-refractivity contribution in [3.63, 3.8) is 0 Å². The normalized spacial score (nSPS) is 10.5. The van der Waals surface area contributed by atoms with Crippen LogP contribution in [0.25, 0.3) is 0 Å². The summed E-state index contributed by atoms with van der Waals surface area (Å²) >= 11 is 0. The first kappa shape index (κ1) is 12.3. The number of carbonyl (C=O) groups is 1. The van der Waals surface area contributed by atoms with Crippen molar-refractivity contribution >= 4 is 5.97 Å². The van der Waals surface area contributed by atoms with Crippen LogP contribution in [0.4, 0.5) is 0 Å². The zero-order chi connectivity index (χ0) is 13.0. The fourth-order valence-corrected chi connectivity index (χ4v) is 1.65. The lowest BCUT2D eigenvalue weighted by molar-refractivity contribution is 0.0696. The SMILES string of the molecule is Cc1cc(CNCc2cccc(C(=O)O)c2)no1. The van der Waals surface area contributed by atoms with Crippen LogP contribution in [0.5, 0.6) is 0 Å². The Morgan fingerprint density at radius 2 is 2.22 bits per heavy atom. The summed E-state index contributed by atoms with van der Waals surface area (Å²) < 4.78 is 4.95. The molecule has 0 saturated carbocycles. The second kappa shape index (κ2) is 5.46. The van der Waals surface area contributed by atoms with Crippen LogP contribution in [-0.2, 0) is 13.1 Å². The van der Waals surface area contributed by atoms with Gasteiger partial charge in [0.05, 0.1) is 11.3 Å². The fourth-order valence-electron chi connectivity index (χ4n) is 1.65. The van der Waals surface area contributed by atoms with Gasteiger partial charge in [-0.3, -0.25) is 0 Å². The zero-order valence-corrected chi connectivity index (χ0v) is 10.0. The van der Waals surface area contributed by atoms with E-state index in [1.54, 1.807) is 18.2 Å². The van der Waals surface area contributed by atoms with Crippen molar-refractivity contribution in [1.82, 2.24) is 10.5 Å². The molecule has 0 aliphatic carbocycles. The van der Waals surface area contributed by atoms with Crippen LogP contribution in [-0.4, -0.2) is 16.2 Å². The predicted octanol–water partition coefficient (Wildman–Crippen LogP) is 1.97. The Morgan fingerprint density at radius 3 is 2.89 bits per heavy atom. The number of aryl methyl sites for hydroxylation is 1. The van der Waals surface area contributed by atoms with E-state index >= 15 is 0 Å². The summed E-state index contributed by atoms with van der Waals surface area (Å²) in [7, 11) is 0. The average molecular weight is 246 g/mol. The molecule has 5 nitrogen and oxygen atoms in total. The van der Waals surface area contributed by atoms with E-state index in [1.807, 2.05) is 19.1 Å². The van der Waals surface area contributed by atoms with Gasteiger partial charge in [0.15, 0.2) is 0 Å². The Kier molecular flexibility index (Phi) is 3.74. The minimum Gasteiger partial charge on any atom is -0.478 e. The van der Waals surface area contributed by atoms with Crippen molar-refractivity contribution in [1.29, 1.82) is 0 Å². The molecule has 0 bridgehead atoms. The molecule has 0 aliphatic rings. The Labute approximate surface area is 104 Å². The lowest BCUT2D eigenvalue weighted by atomic mass is 10.1. The largest absolute Gasteiger partial charge is 0.478 e. The molecule has 1 aromatic carbocycles. The van der Waals surface area contributed by atoms with Gasteiger partial charge in [0.25, 0.3) is 0 Å². The van der Waals surface area contributed by atoms with Crippen LogP contribution >= 0.6 is 0 Å². The van der Waals surface area contributed by atoms with Crippen LogP contribution < -0.4 is 5.32 Å². The number of hydrogen-bond donors (Lipinski definition) is 2. The number of aromatic nitrogens is 1. The number of hydrogen-bond acceptors (Lipinski definition) is 4. The van der Waals surface area contributed by atoms with Gasteiger partial charge in [-0.1, -0.05) is 17.3 Å². The van der Waals surface area contributed by atoms with Crippen LogP contribution in [0.2, 0.25) is 0 Å². The molecule has 0 unspecified atom stereocenters. The Hall–Kier alpha value is -2.14. The summed E-state index contributed by atoms with van der Waals surface area (Å²) in [6, 6.07) is 8.71. The third-order valence-electron chi connectivity index (χ3n) is 2.49. The van der Waals surface area contributed by atoms with Gasteiger partial charge >= 0.3 is 5.97 Å². The van der Waals surface area contributed by atoms with Crippen LogP contribution in [0, 0.1) is 6.92 Å². The molecule has 5 heteroatoms. The smallest absolute Gasteiger partial charge is 0.335 e. The maximum atomic E-state index is 10.8. The van der Waals surface area contributed by atoms with E-state index in [4.69, 9.17) is 9.63 Å². The number of carboxylic acid groups (broad SMARTS) is 1. The number of benzene rings is 1. The van der Waals surface area contributed by atoms with E-state index in [2.05, 4.69) is 10.5 Å². The van der Waals surface area contributed by atoms with Crippen LogP contribution in [0.1, 0.15) is 27.4 Å². The lowest BCUT2D eigenvalue weighted by Crippen LogP contribution is -2.13. The molecule has 1 aromatic heterocycles. The molecule has 1 heterocycles. The van der Waals surface area contributed by atoms with E-state index in [9.17, 15) is 4.79 Å². The molecule has 0 saturated heterocycles. The number of aromatic carboxylic acids is 1. The maximum absolute atomic E-state index is 10.8. The molecule has 2 aromatic rings. The molecular formula is C13H14N2O3. The summed E-state index contributed by atoms with van der Waals surface area (Å²) in [6.45, 7) is 3.02. The summed E-state index contributed by atoms with van der Waals surface area (Å²) in [6.07, 6.45) is 0. The van der Waals surface area contributed by atoms with Crippen molar-refractivity contribution in [2.75, 3.05) is 0 Å². The van der Waals surface area contributed by atoms with Gasteiger partial charge in [-0.25, -0.2) is 4.79 Å². The van der Waals surface area contributed by atoms with E-state index in [0.717, 1.165) is 17.0 Å². The van der Waals surface area contributed by atoms with Gasteiger partial charge in [0, 0.05) is 19.2 Å². The van der Waals surface area contributed by atoms with Crippen molar-refractivity contribution in [3.8, 4) is 0 Å². The third-order valence-corrected chi connectivity index (χ3v) is 2.49. The third kappa shape index (κ3) is 3.18. The molecule has 2 rings (SSSR count). The summed E-state index contributed by atoms with van der Waals surface area (Å²) in [4.78, 5) is 10.8. The quantitative estimate of drug-likeness (QED) is 0.843. The molecule has 0 atom stereocenters. The summed E-state index contributed by atoms with van der Waals surface area (Å²) in [5, 5.41) is 15.9. The number of carboxylic acids is 1. The van der Waals surface area contributed by atoms with Crippen molar-refractivity contribution in [2.45, 2.75) is 20.0 Å². The topological polar surface area (TPSA) is 75.4 Å². The standard InChI is InChI=1S/C13H14N2O3/c1-9-5-12(15-18-9)8-14-7-10-3-2-4-11(6-10)13(16)17/h2-6,14H,7-8H2,1H3,(H,16,17). The Morgan fingerprint density at radius 1 is 1.39 bits per heavy atom. The van der Waals surface area contributed by atoms with Crippen LogP contribution in [0.15, 0.2) is 34.9 Å². The fraction of sp³-hybridized carbons (Fsp3) is 0.231. The van der Waals surface area contributed by atoms with E-state index in [-0.39, 0.29) is 0 Å². The highest BCUT2D eigenvalue weighted by molar-refractivity contribution is 5.87. The predicted molar refractivity (Wildman–Crippen MR) is 65.2 cm³/mol. The lowest BCUT2D eigenvalue weighted by Gasteiger charge is -2.03. The van der Waals surface area contributed by atoms with Gasteiger partial charge in [0.1, 0.15) is 5.76 Å². The van der Waals surface area contributed by atoms with E-state index in [0.29, 0.717) is 18.7 Å². The zero-order valence-electron chi connectivity index (χ0n) is 10.0. The van der Waals surface area contributed by atoms with Crippen molar-refractivity contribution in [3.05, 3.63) is 52.9 Å². The highest BCUT2D eigenvalue weighted by Crippen LogP contribution is 2.06. The molecule has 0 spiro atoms. The molecule has 0 amide bonds. The number of nitrogens with zero attached hydrogens (tertiary/aromatic N) is 1. The first-order valence-electron chi connectivity index (χ1n) is 5.60. The molecular weight excluding hydrogens is 232 g/mol. The molecule has 0 aliphatic heterocycles. The monoisotopic (exact) mass is 246 g/mol. The van der Waals surface area contributed by atoms with E-state index in [1.165, 1.54) is 0 Å². The second-order valence-electron chi connectivity index (χ2n) is 4.04. The number of nitrogens with one attached hydrogen (secondary N) is 1. The number of rotatable bonds is 5. The summed E-state index contributed by atoms with van der Waals surface area (Å²) in [5.74, 6) is -0.136. The molecule has 18 heavy (non-hydrogen) atoms. The van der Waals surface area contributed by atoms with Gasteiger partial charge in [-0.2, -0.15) is 0 Å². The van der Waals surface area contributed by atoms with Gasteiger partial charge < -0.3 is 14.9 Å². The van der Waals surface area contributed by atoms with Crippen LogP contribution in [0.3, 0.4) is 0 Å². The summed E-state index contributed by atoms with van der Waals surface area (Å²) in [5.41, 5.74) is 2.06. The van der Waals surface area contributed by atoms with Gasteiger partial charge in [0.2, 0.25) is 0 Å². The molecule has 0 radical (unpaired) electrons. The average Bonchev–Trinajstić information content (AvgIpc) is 2.75. The Balaban J connectivity index is 1.90. The van der Waals surface area contributed by atoms with Gasteiger partial charge in [-0.15, -0.1) is 0 Å². The minimum absolute atomic E-state index is 0.298. The molecule has 94 valence electrons. The first-order valence-corrected chi connectivity index (χ1v) is 5.60. The Bertz CT molecular complexity index is 549. The second-order valence-corrected chi connectivity index (χ2v) is 4.04. The minimum atomic E-state index is -0.913. The molecule has 2 N–H and O–H groups in total. The highest BCUT2D eigenvalue weighted by atomic mass is 16.5. The highest BCUT2D eigenvalue weighted by Gasteiger charge is 2.03. The maximum Gasteiger partial charge on any atom is 0.335 e. The van der Waals surface area contributed by atoms with Crippen molar-refractivity contribution < 1.29 is 14.4 Å². The first-order chi connectivity index (χ1) is 8.65. The van der Waals surface area contributed by atoms with Gasteiger partial charge in [-0.05, 0) is 24.6 Å². The molecule has 0 fully saturated rings. The van der Waals surface area contributed by atoms with Crippen molar-refractivity contribution in [2.24, 2.45) is 0 Å². The van der Waals surface area contributed by atoms with E-state index < -0.39 is 5.97 Å².